The quantitative estimate of drug-likeness (QED) is 0.133. The predicted molar refractivity (Wildman–Crippen MR) is 219 cm³/mol. The summed E-state index contributed by atoms with van der Waals surface area (Å²) in [5, 5.41) is 20.2. The van der Waals surface area contributed by atoms with Gasteiger partial charge in [-0.25, -0.2) is 19.4 Å². The van der Waals surface area contributed by atoms with E-state index in [9.17, 15) is 24.3 Å². The molecule has 0 spiro atoms. The van der Waals surface area contributed by atoms with Crippen LogP contribution in [0.4, 0.5) is 14.7 Å². The topological polar surface area (TPSA) is 184 Å². The fourth-order valence-electron chi connectivity index (χ4n) is 8.73. The van der Waals surface area contributed by atoms with Crippen LogP contribution in [0.5, 0.6) is 5.75 Å². The lowest BCUT2D eigenvalue weighted by atomic mass is 9.43. The van der Waals surface area contributed by atoms with Crippen LogP contribution in [0, 0.1) is 17.3 Å². The molecule has 3 aromatic rings. The highest BCUT2D eigenvalue weighted by molar-refractivity contribution is 7.13. The Morgan fingerprint density at radius 3 is 2.33 bits per heavy atom. The van der Waals surface area contributed by atoms with E-state index < -0.39 is 59.8 Å². The number of alkyl carbamates (subject to hydrolysis) is 1. The Balaban J connectivity index is 1.34. The fraction of sp³-hybridized carbons (Fsp3) is 0.548. The van der Waals surface area contributed by atoms with Crippen molar-refractivity contribution in [3.05, 3.63) is 75.8 Å². The zero-order chi connectivity index (χ0) is 42.4. The van der Waals surface area contributed by atoms with E-state index in [2.05, 4.69) is 41.7 Å². The van der Waals surface area contributed by atoms with E-state index in [1.54, 1.807) is 32.2 Å². The van der Waals surface area contributed by atoms with E-state index in [0.717, 1.165) is 35.3 Å². The molecule has 312 valence electrons. The van der Waals surface area contributed by atoms with Crippen molar-refractivity contribution in [3.63, 3.8) is 0 Å². The number of rotatable bonds is 12. The van der Waals surface area contributed by atoms with Gasteiger partial charge < -0.3 is 39.3 Å². The third-order valence-corrected chi connectivity index (χ3v) is 12.5. The standard InChI is InChI=1S/C42H55BN4O10S/c1-39(2,3)27-17-16-25(35(49)50)33(53-10)26(27)20-31(43-56-30-19-24-18-29(41(24,7)8)42(30,9)57-43)45-34(48)32(46-38(52)55-40(4,5)6)28-22-58-36(44-28)47-37(51)54-21-23-14-12-11-13-15-23/h11-17,22,24,29-32H,18-21H2,1-10H3,(H,45,48)(H,46,52)(H,49,50)(H,44,47,51)/t24-,29+,30?,31?,32?,42+/m1/s1. The van der Waals surface area contributed by atoms with Crippen LogP contribution in [0.2, 0.25) is 0 Å². The Kier molecular flexibility index (Phi) is 12.0. The highest BCUT2D eigenvalue weighted by Crippen LogP contribution is 2.65. The van der Waals surface area contributed by atoms with E-state index in [-0.39, 0.29) is 52.6 Å². The third kappa shape index (κ3) is 8.98. The van der Waals surface area contributed by atoms with Crippen LogP contribution in [0.3, 0.4) is 0 Å². The van der Waals surface area contributed by atoms with Crippen molar-refractivity contribution in [3.8, 4) is 5.75 Å². The lowest BCUT2D eigenvalue weighted by Gasteiger charge is -2.64. The Hall–Kier alpha value is -4.67. The van der Waals surface area contributed by atoms with Gasteiger partial charge >= 0.3 is 25.3 Å². The van der Waals surface area contributed by atoms with Gasteiger partial charge in [-0.1, -0.05) is 71.0 Å². The van der Waals surface area contributed by atoms with Crippen molar-refractivity contribution >= 4 is 47.6 Å². The summed E-state index contributed by atoms with van der Waals surface area (Å²) < 4.78 is 30.3. The summed E-state index contributed by atoms with van der Waals surface area (Å²) in [4.78, 5) is 57.7. The van der Waals surface area contributed by atoms with Crippen molar-refractivity contribution in [1.29, 1.82) is 0 Å². The summed E-state index contributed by atoms with van der Waals surface area (Å²) in [5.74, 6) is -1.87. The molecule has 2 heterocycles. The number of amides is 3. The third-order valence-electron chi connectivity index (χ3n) is 11.7. The molecular weight excluding hydrogens is 763 g/mol. The first-order chi connectivity index (χ1) is 27.1. The summed E-state index contributed by atoms with van der Waals surface area (Å²) >= 11 is 1.05. The second kappa shape index (κ2) is 16.2. The number of nitrogens with one attached hydrogen (secondary N) is 3. The number of carbonyl (C=O) groups excluding carboxylic acids is 3. The average Bonchev–Trinajstić information content (AvgIpc) is 3.75. The molecule has 3 amide bonds. The minimum absolute atomic E-state index is 0.0266. The molecule has 1 aromatic heterocycles. The molecule has 3 saturated carbocycles. The lowest BCUT2D eigenvalue weighted by molar-refractivity contribution is -0.199. The second-order valence-corrected chi connectivity index (χ2v) is 19.1. The number of aromatic nitrogens is 1. The van der Waals surface area contributed by atoms with E-state index in [1.165, 1.54) is 13.2 Å². The monoisotopic (exact) mass is 818 g/mol. The number of ether oxygens (including phenoxy) is 3. The molecule has 1 saturated heterocycles. The van der Waals surface area contributed by atoms with Crippen LogP contribution >= 0.6 is 11.3 Å². The number of carboxylic acids is 1. The molecule has 3 unspecified atom stereocenters. The van der Waals surface area contributed by atoms with Gasteiger partial charge in [0.15, 0.2) is 11.2 Å². The van der Waals surface area contributed by atoms with Crippen molar-refractivity contribution < 1.29 is 47.8 Å². The maximum atomic E-state index is 14.7. The van der Waals surface area contributed by atoms with Gasteiger partial charge in [0.25, 0.3) is 0 Å². The Morgan fingerprint density at radius 2 is 1.71 bits per heavy atom. The Morgan fingerprint density at radius 1 is 1.00 bits per heavy atom. The van der Waals surface area contributed by atoms with E-state index >= 15 is 0 Å². The largest absolute Gasteiger partial charge is 0.496 e. The first-order valence-corrected chi connectivity index (χ1v) is 20.5. The van der Waals surface area contributed by atoms with E-state index in [1.807, 2.05) is 51.1 Å². The van der Waals surface area contributed by atoms with Gasteiger partial charge in [-0.15, -0.1) is 11.3 Å². The van der Waals surface area contributed by atoms with Crippen LogP contribution < -0.4 is 20.7 Å². The van der Waals surface area contributed by atoms with Gasteiger partial charge in [0.2, 0.25) is 5.91 Å². The van der Waals surface area contributed by atoms with Crippen LogP contribution in [0.25, 0.3) is 0 Å². The molecule has 1 aliphatic heterocycles. The normalized spacial score (nSPS) is 23.1. The molecule has 0 radical (unpaired) electrons. The number of nitrogens with zero attached hydrogens (tertiary/aromatic N) is 1. The highest BCUT2D eigenvalue weighted by Gasteiger charge is 2.68. The van der Waals surface area contributed by atoms with Crippen molar-refractivity contribution in [2.45, 2.75) is 123 Å². The zero-order valence-corrected chi connectivity index (χ0v) is 35.7. The van der Waals surface area contributed by atoms with Gasteiger partial charge in [-0.05, 0) is 86.8 Å². The average molecular weight is 819 g/mol. The summed E-state index contributed by atoms with van der Waals surface area (Å²) in [6.45, 7) is 17.8. The Labute approximate surface area is 344 Å². The highest BCUT2D eigenvalue weighted by atomic mass is 32.1. The zero-order valence-electron chi connectivity index (χ0n) is 34.9. The number of hydrogen-bond acceptors (Lipinski definition) is 11. The molecule has 58 heavy (non-hydrogen) atoms. The number of carboxylic acid groups (broad SMARTS) is 1. The minimum atomic E-state index is -1.40. The fourth-order valence-corrected chi connectivity index (χ4v) is 9.45. The van der Waals surface area contributed by atoms with Crippen molar-refractivity contribution in [2.24, 2.45) is 17.3 Å². The van der Waals surface area contributed by atoms with Gasteiger partial charge in [-0.2, -0.15) is 0 Å². The molecule has 4 aliphatic rings. The summed E-state index contributed by atoms with van der Waals surface area (Å²) in [7, 11) is 0.472. The molecule has 16 heteroatoms. The lowest BCUT2D eigenvalue weighted by Crippen LogP contribution is -2.65. The van der Waals surface area contributed by atoms with Crippen molar-refractivity contribution in [1.82, 2.24) is 15.6 Å². The Bertz CT molecular complexity index is 2030. The van der Waals surface area contributed by atoms with Crippen molar-refractivity contribution in [2.75, 3.05) is 12.4 Å². The molecule has 14 nitrogen and oxygen atoms in total. The van der Waals surface area contributed by atoms with Gasteiger partial charge in [0, 0.05) is 10.9 Å². The van der Waals surface area contributed by atoms with Crippen LogP contribution in [0.15, 0.2) is 47.8 Å². The second-order valence-electron chi connectivity index (χ2n) is 18.2. The molecule has 6 atom stereocenters. The number of benzene rings is 2. The summed E-state index contributed by atoms with van der Waals surface area (Å²) in [5.41, 5.74) is 0.368. The first-order valence-electron chi connectivity index (χ1n) is 19.6. The number of aromatic carboxylic acids is 1. The molecule has 4 fully saturated rings. The summed E-state index contributed by atoms with van der Waals surface area (Å²) in [6.07, 6.45) is 0.0283. The molecule has 4 N–H and O–H groups in total. The molecule has 3 aliphatic carbocycles. The molecule has 2 bridgehead atoms. The summed E-state index contributed by atoms with van der Waals surface area (Å²) in [6, 6.07) is 11.1. The van der Waals surface area contributed by atoms with Crippen LogP contribution in [-0.2, 0) is 42.0 Å². The number of methoxy groups -OCH3 is 1. The minimum Gasteiger partial charge on any atom is -0.496 e. The first kappa shape index (κ1) is 42.9. The molecule has 7 rings (SSSR count). The number of carbonyl (C=O) groups is 4. The van der Waals surface area contributed by atoms with E-state index in [4.69, 9.17) is 23.5 Å². The molecule has 2 aromatic carbocycles. The van der Waals surface area contributed by atoms with Gasteiger partial charge in [0.05, 0.1) is 30.4 Å². The SMILES string of the molecule is COc1c(C(=O)O)ccc(C(C)(C)C)c1CC(NC(=O)C(NC(=O)OC(C)(C)C)c1csc(NC(=O)OCc2ccccc2)n1)B1OC2C[C@H]3C[C@@H](C3(C)C)[C@]2(C)O1. The molecular formula is C42H55BN4O10S. The maximum absolute atomic E-state index is 14.7. The maximum Gasteiger partial charge on any atom is 0.482 e. The van der Waals surface area contributed by atoms with Crippen LogP contribution in [-0.4, -0.2) is 71.6 Å². The number of anilines is 1. The van der Waals surface area contributed by atoms with Crippen LogP contribution in [0.1, 0.15) is 114 Å². The number of hydrogen-bond donors (Lipinski definition) is 4. The van der Waals surface area contributed by atoms with Gasteiger partial charge in [-0.3, -0.25) is 10.1 Å². The smallest absolute Gasteiger partial charge is 0.482 e. The number of thiazole rings is 1. The predicted octanol–water partition coefficient (Wildman–Crippen LogP) is 7.46. The van der Waals surface area contributed by atoms with E-state index in [0.29, 0.717) is 11.5 Å². The van der Waals surface area contributed by atoms with Gasteiger partial charge in [0.1, 0.15) is 23.5 Å².